The Hall–Kier alpha value is -2.13. The van der Waals surface area contributed by atoms with Gasteiger partial charge < -0.3 is 9.84 Å². The van der Waals surface area contributed by atoms with Crippen molar-refractivity contribution in [1.82, 2.24) is 0 Å². The van der Waals surface area contributed by atoms with Gasteiger partial charge in [0.25, 0.3) is 0 Å². The number of carbonyl (C=O) groups excluding carboxylic acids is 1. The first-order chi connectivity index (χ1) is 9.78. The number of aromatic hydroxyl groups is 1. The van der Waals surface area contributed by atoms with E-state index in [-0.39, 0.29) is 18.0 Å². The Morgan fingerprint density at radius 1 is 1.05 bits per heavy atom. The number of phenolic OH excluding ortho intramolecular Hbond substituents is 1. The Morgan fingerprint density at radius 2 is 1.85 bits per heavy atom. The Bertz CT molecular complexity index is 705. The summed E-state index contributed by atoms with van der Waals surface area (Å²) in [4.78, 5) is 11.0. The molecule has 0 aliphatic carbocycles. The van der Waals surface area contributed by atoms with E-state index in [4.69, 9.17) is 4.74 Å². The first-order valence-corrected chi connectivity index (χ1v) is 6.81. The van der Waals surface area contributed by atoms with E-state index >= 15 is 0 Å². The van der Waals surface area contributed by atoms with Gasteiger partial charge in [0.05, 0.1) is 17.8 Å². The summed E-state index contributed by atoms with van der Waals surface area (Å²) in [6.07, 6.45) is 2.10. The van der Waals surface area contributed by atoms with Crippen LogP contribution in [0.5, 0.6) is 5.75 Å². The maximum absolute atomic E-state index is 11.0. The quantitative estimate of drug-likeness (QED) is 0.807. The predicted molar refractivity (Wildman–Crippen MR) is 73.9 cm³/mol. The van der Waals surface area contributed by atoms with Crippen LogP contribution in [0, 0.1) is 0 Å². The lowest BCUT2D eigenvalue weighted by Gasteiger charge is -2.38. The van der Waals surface area contributed by atoms with Crippen LogP contribution in [0.1, 0.15) is 44.8 Å². The van der Waals surface area contributed by atoms with Crippen LogP contribution in [-0.4, -0.2) is 11.4 Å². The number of aldehydes is 1. The van der Waals surface area contributed by atoms with Crippen LogP contribution >= 0.6 is 0 Å². The highest BCUT2D eigenvalue weighted by molar-refractivity contribution is 5.80. The van der Waals surface area contributed by atoms with E-state index in [1.807, 2.05) is 18.2 Å². The van der Waals surface area contributed by atoms with Crippen LogP contribution in [-0.2, 0) is 17.6 Å². The lowest BCUT2D eigenvalue weighted by atomic mass is 9.81. The molecule has 2 aliphatic heterocycles. The molecule has 2 atom stereocenters. The molecule has 3 nitrogen and oxygen atoms in total. The van der Waals surface area contributed by atoms with Gasteiger partial charge in [0.2, 0.25) is 0 Å². The first-order valence-electron chi connectivity index (χ1n) is 6.81. The summed E-state index contributed by atoms with van der Waals surface area (Å²) in [6.45, 7) is 0. The number of fused-ring (bicyclic) bond motifs is 6. The van der Waals surface area contributed by atoms with Crippen molar-refractivity contribution in [3.8, 4) is 5.75 Å². The SMILES string of the molecule is O=Cc1ccc2c(c1O)C[C@H]1O[C@@H]2Cc2ccccc21. The second kappa shape index (κ2) is 4.18. The Kier molecular flexibility index (Phi) is 2.44. The highest BCUT2D eigenvalue weighted by Gasteiger charge is 2.36. The zero-order valence-corrected chi connectivity index (χ0v) is 10.9. The molecule has 1 N–H and O–H groups in total. The van der Waals surface area contributed by atoms with Crippen molar-refractivity contribution in [3.05, 3.63) is 64.2 Å². The van der Waals surface area contributed by atoms with Crippen molar-refractivity contribution in [2.45, 2.75) is 25.0 Å². The van der Waals surface area contributed by atoms with Gasteiger partial charge in [-0.15, -0.1) is 0 Å². The number of hydrogen-bond acceptors (Lipinski definition) is 3. The summed E-state index contributed by atoms with van der Waals surface area (Å²) in [5.74, 6) is 0.121. The molecule has 0 fully saturated rings. The average molecular weight is 266 g/mol. The van der Waals surface area contributed by atoms with Crippen LogP contribution in [0.15, 0.2) is 36.4 Å². The number of ether oxygens (including phenoxy) is 1. The molecule has 2 aromatic rings. The summed E-state index contributed by atoms with van der Waals surface area (Å²) in [5, 5.41) is 10.3. The van der Waals surface area contributed by atoms with Gasteiger partial charge in [0, 0.05) is 18.4 Å². The van der Waals surface area contributed by atoms with Gasteiger partial charge in [-0.05, 0) is 22.8 Å². The standard InChI is InChI=1S/C17H14O3/c18-9-11-5-6-13-14(17(11)19)8-16-12-4-2-1-3-10(12)7-15(13)20-16/h1-6,9,15-16,19H,7-8H2/t15-,16-/m1/s1. The Morgan fingerprint density at radius 3 is 2.70 bits per heavy atom. The van der Waals surface area contributed by atoms with Crippen LogP contribution in [0.3, 0.4) is 0 Å². The van der Waals surface area contributed by atoms with Crippen molar-refractivity contribution in [2.24, 2.45) is 0 Å². The minimum Gasteiger partial charge on any atom is -0.507 e. The molecule has 20 heavy (non-hydrogen) atoms. The van der Waals surface area contributed by atoms with Gasteiger partial charge in [0.15, 0.2) is 6.29 Å². The molecule has 100 valence electrons. The smallest absolute Gasteiger partial charge is 0.153 e. The largest absolute Gasteiger partial charge is 0.507 e. The van der Waals surface area contributed by atoms with Crippen molar-refractivity contribution in [2.75, 3.05) is 0 Å². The molecular weight excluding hydrogens is 252 g/mol. The molecule has 0 saturated heterocycles. The molecule has 0 unspecified atom stereocenters. The molecular formula is C17H14O3. The van der Waals surface area contributed by atoms with Crippen LogP contribution in [0.4, 0.5) is 0 Å². The molecule has 2 bridgehead atoms. The Balaban J connectivity index is 1.87. The number of carbonyl (C=O) groups is 1. The summed E-state index contributed by atoms with van der Waals surface area (Å²) in [7, 11) is 0. The summed E-state index contributed by atoms with van der Waals surface area (Å²) in [5.41, 5.74) is 4.75. The second-order valence-corrected chi connectivity index (χ2v) is 5.41. The molecule has 0 saturated carbocycles. The van der Waals surface area contributed by atoms with E-state index in [0.717, 1.165) is 17.5 Å². The van der Waals surface area contributed by atoms with E-state index in [9.17, 15) is 9.90 Å². The third kappa shape index (κ3) is 1.53. The Labute approximate surface area is 116 Å². The predicted octanol–water partition coefficient (Wildman–Crippen LogP) is 3.12. The fourth-order valence-electron chi connectivity index (χ4n) is 3.36. The number of benzene rings is 2. The second-order valence-electron chi connectivity index (χ2n) is 5.41. The topological polar surface area (TPSA) is 46.5 Å². The van der Waals surface area contributed by atoms with E-state index in [2.05, 4.69) is 12.1 Å². The van der Waals surface area contributed by atoms with E-state index in [1.54, 1.807) is 6.07 Å². The van der Waals surface area contributed by atoms with Crippen molar-refractivity contribution in [3.63, 3.8) is 0 Å². The lowest BCUT2D eigenvalue weighted by Crippen LogP contribution is -2.27. The number of rotatable bonds is 1. The van der Waals surface area contributed by atoms with E-state index in [0.29, 0.717) is 18.3 Å². The number of phenols is 1. The first kappa shape index (κ1) is 11.7. The summed E-state index contributed by atoms with van der Waals surface area (Å²) >= 11 is 0. The monoisotopic (exact) mass is 266 g/mol. The summed E-state index contributed by atoms with van der Waals surface area (Å²) < 4.78 is 6.10. The van der Waals surface area contributed by atoms with Gasteiger partial charge >= 0.3 is 0 Å². The highest BCUT2D eigenvalue weighted by Crippen LogP contribution is 2.47. The van der Waals surface area contributed by atoms with Crippen molar-refractivity contribution >= 4 is 6.29 Å². The summed E-state index contributed by atoms with van der Waals surface area (Å²) in [6, 6.07) is 11.9. The molecule has 3 heteroatoms. The lowest BCUT2D eigenvalue weighted by molar-refractivity contribution is -0.0397. The third-order valence-corrected chi connectivity index (χ3v) is 4.35. The van der Waals surface area contributed by atoms with Gasteiger partial charge in [-0.3, -0.25) is 4.79 Å². The van der Waals surface area contributed by atoms with Gasteiger partial charge in [-0.25, -0.2) is 0 Å². The maximum atomic E-state index is 11.0. The van der Waals surface area contributed by atoms with Gasteiger partial charge in [-0.2, -0.15) is 0 Å². The maximum Gasteiger partial charge on any atom is 0.153 e. The minimum atomic E-state index is -0.0229. The average Bonchev–Trinajstić information content (AvgIpc) is 2.49. The molecule has 0 radical (unpaired) electrons. The van der Waals surface area contributed by atoms with Gasteiger partial charge in [-0.1, -0.05) is 30.3 Å². The minimum absolute atomic E-state index is 0.0229. The molecule has 4 rings (SSSR count). The van der Waals surface area contributed by atoms with Crippen molar-refractivity contribution < 1.29 is 14.6 Å². The number of hydrogen-bond donors (Lipinski definition) is 1. The van der Waals surface area contributed by atoms with Crippen LogP contribution in [0.25, 0.3) is 0 Å². The van der Waals surface area contributed by atoms with E-state index in [1.165, 1.54) is 11.1 Å². The zero-order valence-electron chi connectivity index (χ0n) is 10.9. The van der Waals surface area contributed by atoms with Crippen LogP contribution in [0.2, 0.25) is 0 Å². The van der Waals surface area contributed by atoms with Gasteiger partial charge in [0.1, 0.15) is 5.75 Å². The van der Waals surface area contributed by atoms with Crippen molar-refractivity contribution in [1.29, 1.82) is 0 Å². The molecule has 2 aromatic carbocycles. The van der Waals surface area contributed by atoms with E-state index < -0.39 is 0 Å². The normalized spacial score (nSPS) is 22.8. The molecule has 0 amide bonds. The molecule has 2 aliphatic rings. The fourth-order valence-corrected chi connectivity index (χ4v) is 3.36. The van der Waals surface area contributed by atoms with Crippen LogP contribution < -0.4 is 0 Å². The highest BCUT2D eigenvalue weighted by atomic mass is 16.5. The molecule has 0 aromatic heterocycles. The zero-order chi connectivity index (χ0) is 13.7. The molecule has 2 heterocycles. The third-order valence-electron chi connectivity index (χ3n) is 4.35. The molecule has 0 spiro atoms. The fraction of sp³-hybridized carbons (Fsp3) is 0.235.